The summed E-state index contributed by atoms with van der Waals surface area (Å²) in [6, 6.07) is 3.43. The van der Waals surface area contributed by atoms with Gasteiger partial charge in [-0.3, -0.25) is 0 Å². The smallest absolute Gasteiger partial charge is 0.196 e. The standard InChI is InChI=1S/C13H11F3N4/c1-2-5-17-10-6-11(19-7-18-10)20-9-4-3-8(14)12(15)13(9)16/h2-4,6-7H,1,5H2,(H2,17,18,19,20). The van der Waals surface area contributed by atoms with Crippen molar-refractivity contribution in [3.8, 4) is 0 Å². The molecule has 0 atom stereocenters. The van der Waals surface area contributed by atoms with E-state index in [9.17, 15) is 13.2 Å². The molecule has 0 aliphatic heterocycles. The molecule has 0 amide bonds. The normalized spacial score (nSPS) is 10.2. The minimum Gasteiger partial charge on any atom is -0.366 e. The first kappa shape index (κ1) is 13.9. The molecule has 0 spiro atoms. The molecule has 1 aromatic carbocycles. The van der Waals surface area contributed by atoms with Gasteiger partial charge in [0.25, 0.3) is 0 Å². The molecule has 1 heterocycles. The van der Waals surface area contributed by atoms with E-state index in [1.54, 1.807) is 6.08 Å². The van der Waals surface area contributed by atoms with Gasteiger partial charge < -0.3 is 10.6 Å². The average Bonchev–Trinajstić information content (AvgIpc) is 2.46. The van der Waals surface area contributed by atoms with Crippen molar-refractivity contribution in [3.05, 3.63) is 54.6 Å². The Hall–Kier alpha value is -2.57. The second-order valence-electron chi connectivity index (χ2n) is 3.81. The van der Waals surface area contributed by atoms with Gasteiger partial charge in [-0.05, 0) is 12.1 Å². The molecule has 0 fully saturated rings. The van der Waals surface area contributed by atoms with Gasteiger partial charge in [0.1, 0.15) is 18.0 Å². The van der Waals surface area contributed by atoms with Gasteiger partial charge in [0.2, 0.25) is 0 Å². The molecule has 104 valence electrons. The molecule has 1 aromatic heterocycles. The Labute approximate surface area is 113 Å². The topological polar surface area (TPSA) is 49.8 Å². The molecule has 20 heavy (non-hydrogen) atoms. The van der Waals surface area contributed by atoms with Crippen LogP contribution in [0.2, 0.25) is 0 Å². The molecule has 2 rings (SSSR count). The SMILES string of the molecule is C=CCNc1cc(Nc2ccc(F)c(F)c2F)ncn1. The average molecular weight is 280 g/mol. The van der Waals surface area contributed by atoms with Crippen molar-refractivity contribution in [2.75, 3.05) is 17.2 Å². The molecule has 0 aliphatic carbocycles. The molecule has 0 unspecified atom stereocenters. The number of nitrogens with zero attached hydrogens (tertiary/aromatic N) is 2. The van der Waals surface area contributed by atoms with Crippen LogP contribution in [-0.4, -0.2) is 16.5 Å². The lowest BCUT2D eigenvalue weighted by molar-refractivity contribution is 0.449. The van der Waals surface area contributed by atoms with Crippen LogP contribution in [0.4, 0.5) is 30.5 Å². The molecule has 0 aliphatic rings. The maximum Gasteiger partial charge on any atom is 0.196 e. The zero-order valence-corrected chi connectivity index (χ0v) is 10.3. The van der Waals surface area contributed by atoms with E-state index in [0.29, 0.717) is 12.4 Å². The Morgan fingerprint density at radius 2 is 1.85 bits per heavy atom. The molecule has 7 heteroatoms. The Kier molecular flexibility index (Phi) is 4.19. The van der Waals surface area contributed by atoms with E-state index in [1.807, 2.05) is 0 Å². The predicted molar refractivity (Wildman–Crippen MR) is 70.3 cm³/mol. The zero-order valence-electron chi connectivity index (χ0n) is 10.3. The number of hydrogen-bond acceptors (Lipinski definition) is 4. The summed E-state index contributed by atoms with van der Waals surface area (Å²) in [4.78, 5) is 7.80. The summed E-state index contributed by atoms with van der Waals surface area (Å²) in [5, 5.41) is 5.48. The van der Waals surface area contributed by atoms with Gasteiger partial charge in [-0.2, -0.15) is 0 Å². The molecular formula is C13H11F3N4. The summed E-state index contributed by atoms with van der Waals surface area (Å²) in [5.41, 5.74) is -0.211. The fourth-order valence-corrected chi connectivity index (χ4v) is 1.46. The van der Waals surface area contributed by atoms with E-state index in [4.69, 9.17) is 0 Å². The molecule has 2 aromatic rings. The second-order valence-corrected chi connectivity index (χ2v) is 3.81. The Morgan fingerprint density at radius 3 is 2.60 bits per heavy atom. The highest BCUT2D eigenvalue weighted by Gasteiger charge is 2.13. The van der Waals surface area contributed by atoms with Crippen LogP contribution in [0.1, 0.15) is 0 Å². The van der Waals surface area contributed by atoms with Crippen molar-refractivity contribution in [2.45, 2.75) is 0 Å². The molecule has 0 saturated heterocycles. The predicted octanol–water partition coefficient (Wildman–Crippen LogP) is 3.24. The highest BCUT2D eigenvalue weighted by molar-refractivity contribution is 5.59. The minimum atomic E-state index is -1.53. The highest BCUT2D eigenvalue weighted by atomic mass is 19.2. The zero-order chi connectivity index (χ0) is 14.5. The summed E-state index contributed by atoms with van der Waals surface area (Å²) in [6.07, 6.45) is 2.90. The fraction of sp³-hybridized carbons (Fsp3) is 0.0769. The van der Waals surface area contributed by atoms with Crippen molar-refractivity contribution >= 4 is 17.3 Å². The van der Waals surface area contributed by atoms with E-state index < -0.39 is 17.5 Å². The number of benzene rings is 1. The van der Waals surface area contributed by atoms with Crippen molar-refractivity contribution in [2.24, 2.45) is 0 Å². The molecular weight excluding hydrogens is 269 g/mol. The van der Waals surface area contributed by atoms with Crippen LogP contribution >= 0.6 is 0 Å². The van der Waals surface area contributed by atoms with Gasteiger partial charge in [0, 0.05) is 12.6 Å². The summed E-state index contributed by atoms with van der Waals surface area (Å²) >= 11 is 0. The van der Waals surface area contributed by atoms with Crippen LogP contribution in [0.3, 0.4) is 0 Å². The third-order valence-electron chi connectivity index (χ3n) is 2.39. The summed E-state index contributed by atoms with van der Waals surface area (Å²) < 4.78 is 39.4. The number of rotatable bonds is 5. The van der Waals surface area contributed by atoms with Crippen LogP contribution in [-0.2, 0) is 0 Å². The second kappa shape index (κ2) is 6.05. The third-order valence-corrected chi connectivity index (χ3v) is 2.39. The Balaban J connectivity index is 2.22. The van der Waals surface area contributed by atoms with Gasteiger partial charge in [-0.1, -0.05) is 6.08 Å². The van der Waals surface area contributed by atoms with Gasteiger partial charge in [-0.25, -0.2) is 23.1 Å². The lowest BCUT2D eigenvalue weighted by Gasteiger charge is -2.09. The van der Waals surface area contributed by atoms with Gasteiger partial charge in [-0.15, -0.1) is 6.58 Å². The molecule has 2 N–H and O–H groups in total. The summed E-state index contributed by atoms with van der Waals surface area (Å²) in [6.45, 7) is 4.04. The molecule has 4 nitrogen and oxygen atoms in total. The Morgan fingerprint density at radius 1 is 1.10 bits per heavy atom. The first-order valence-corrected chi connectivity index (χ1v) is 5.69. The quantitative estimate of drug-likeness (QED) is 0.652. The maximum absolute atomic E-state index is 13.5. The van der Waals surface area contributed by atoms with Crippen molar-refractivity contribution in [1.29, 1.82) is 0 Å². The first-order valence-electron chi connectivity index (χ1n) is 5.69. The first-order chi connectivity index (χ1) is 9.61. The lowest BCUT2D eigenvalue weighted by atomic mass is 10.3. The molecule has 0 bridgehead atoms. The maximum atomic E-state index is 13.5. The number of hydrogen-bond donors (Lipinski definition) is 2. The largest absolute Gasteiger partial charge is 0.366 e. The van der Waals surface area contributed by atoms with Crippen LogP contribution in [0.15, 0.2) is 37.2 Å². The van der Waals surface area contributed by atoms with Crippen LogP contribution in [0, 0.1) is 17.5 Å². The van der Waals surface area contributed by atoms with Crippen molar-refractivity contribution in [3.63, 3.8) is 0 Å². The van der Waals surface area contributed by atoms with E-state index in [0.717, 1.165) is 12.1 Å². The summed E-state index contributed by atoms with van der Waals surface area (Å²) in [7, 11) is 0. The fourth-order valence-electron chi connectivity index (χ4n) is 1.46. The van der Waals surface area contributed by atoms with E-state index >= 15 is 0 Å². The monoisotopic (exact) mass is 280 g/mol. The van der Waals surface area contributed by atoms with E-state index in [2.05, 4.69) is 27.2 Å². The third kappa shape index (κ3) is 3.05. The van der Waals surface area contributed by atoms with Crippen LogP contribution < -0.4 is 10.6 Å². The number of aromatic nitrogens is 2. The molecule has 0 radical (unpaired) electrons. The van der Waals surface area contributed by atoms with E-state index in [-0.39, 0.29) is 11.5 Å². The van der Waals surface area contributed by atoms with Crippen molar-refractivity contribution < 1.29 is 13.2 Å². The van der Waals surface area contributed by atoms with E-state index in [1.165, 1.54) is 12.4 Å². The van der Waals surface area contributed by atoms with Crippen molar-refractivity contribution in [1.82, 2.24) is 9.97 Å². The van der Waals surface area contributed by atoms with Gasteiger partial charge in [0.15, 0.2) is 17.5 Å². The number of nitrogens with one attached hydrogen (secondary N) is 2. The minimum absolute atomic E-state index is 0.211. The molecule has 0 saturated carbocycles. The van der Waals surface area contributed by atoms with Gasteiger partial charge >= 0.3 is 0 Å². The number of anilines is 3. The van der Waals surface area contributed by atoms with Gasteiger partial charge in [0.05, 0.1) is 5.69 Å². The van der Waals surface area contributed by atoms with Crippen LogP contribution in [0.25, 0.3) is 0 Å². The lowest BCUT2D eigenvalue weighted by Crippen LogP contribution is -2.04. The van der Waals surface area contributed by atoms with Crippen LogP contribution in [0.5, 0.6) is 0 Å². The Bertz CT molecular complexity index is 631. The highest BCUT2D eigenvalue weighted by Crippen LogP contribution is 2.23. The summed E-state index contributed by atoms with van der Waals surface area (Å²) in [5.74, 6) is -3.34. The number of halogens is 3.